The zero-order valence-electron chi connectivity index (χ0n) is 14.0. The molecule has 0 saturated carbocycles. The minimum absolute atomic E-state index is 0.549. The van der Waals surface area contributed by atoms with Crippen molar-refractivity contribution in [2.45, 2.75) is 33.2 Å². The number of nitrogens with zero attached hydrogens (tertiary/aromatic N) is 3. The maximum absolute atomic E-state index is 4.71. The molecule has 2 rings (SSSR count). The van der Waals surface area contributed by atoms with Crippen LogP contribution in [0.25, 0.3) is 0 Å². The molecule has 2 aromatic heterocycles. The summed E-state index contributed by atoms with van der Waals surface area (Å²) in [6.45, 7) is 7.89. The quantitative estimate of drug-likeness (QED) is 0.421. The molecule has 1 atom stereocenters. The summed E-state index contributed by atoms with van der Waals surface area (Å²) in [7, 11) is 0. The molecule has 0 aliphatic carbocycles. The number of aromatic nitrogens is 2. The van der Waals surface area contributed by atoms with E-state index >= 15 is 0 Å². The van der Waals surface area contributed by atoms with Gasteiger partial charge >= 0.3 is 0 Å². The number of hydrogen-bond acceptors (Lipinski definition) is 3. The summed E-state index contributed by atoms with van der Waals surface area (Å²) in [5.41, 5.74) is 0. The second-order valence-electron chi connectivity index (χ2n) is 5.66. The van der Waals surface area contributed by atoms with Crippen LogP contribution in [0.2, 0.25) is 0 Å². The van der Waals surface area contributed by atoms with Gasteiger partial charge in [-0.1, -0.05) is 13.0 Å². The molecule has 2 aromatic rings. The molecule has 6 heteroatoms. The van der Waals surface area contributed by atoms with Crippen LogP contribution >= 0.6 is 11.3 Å². The van der Waals surface area contributed by atoms with E-state index in [0.29, 0.717) is 5.92 Å². The molecule has 0 aliphatic rings. The summed E-state index contributed by atoms with van der Waals surface area (Å²) in [5.74, 6) is 1.46. The second-order valence-corrected chi connectivity index (χ2v) is 6.69. The van der Waals surface area contributed by atoms with Crippen molar-refractivity contribution in [1.29, 1.82) is 0 Å². The van der Waals surface area contributed by atoms with Crippen LogP contribution in [-0.4, -0.2) is 35.4 Å². The van der Waals surface area contributed by atoms with Crippen molar-refractivity contribution in [3.63, 3.8) is 0 Å². The Morgan fingerprint density at radius 2 is 2.30 bits per heavy atom. The first kappa shape index (κ1) is 17.5. The Labute approximate surface area is 142 Å². The molecular weight excluding hydrogens is 306 g/mol. The van der Waals surface area contributed by atoms with Crippen LogP contribution in [0.1, 0.15) is 25.1 Å². The summed E-state index contributed by atoms with van der Waals surface area (Å²) in [4.78, 5) is 6.14. The smallest absolute Gasteiger partial charge is 0.191 e. The van der Waals surface area contributed by atoms with Gasteiger partial charge in [-0.3, -0.25) is 9.67 Å². The Kier molecular flexibility index (Phi) is 7.66. The zero-order valence-corrected chi connectivity index (χ0v) is 14.9. The molecule has 0 radical (unpaired) electrons. The van der Waals surface area contributed by atoms with Crippen LogP contribution in [0.4, 0.5) is 0 Å². The van der Waals surface area contributed by atoms with Gasteiger partial charge in [0, 0.05) is 43.4 Å². The van der Waals surface area contributed by atoms with E-state index < -0.39 is 0 Å². The predicted molar refractivity (Wildman–Crippen MR) is 98.0 cm³/mol. The van der Waals surface area contributed by atoms with E-state index in [1.165, 1.54) is 4.88 Å². The highest BCUT2D eigenvalue weighted by molar-refractivity contribution is 7.09. The van der Waals surface area contributed by atoms with Gasteiger partial charge < -0.3 is 10.6 Å². The topological polar surface area (TPSA) is 54.2 Å². The third-order valence-electron chi connectivity index (χ3n) is 3.45. The van der Waals surface area contributed by atoms with Crippen molar-refractivity contribution in [1.82, 2.24) is 20.4 Å². The van der Waals surface area contributed by atoms with Gasteiger partial charge in [-0.2, -0.15) is 5.10 Å². The Bertz CT molecular complexity index is 548. The Morgan fingerprint density at radius 1 is 1.39 bits per heavy atom. The average Bonchev–Trinajstić information content (AvgIpc) is 3.22. The lowest BCUT2D eigenvalue weighted by Crippen LogP contribution is -2.38. The van der Waals surface area contributed by atoms with Crippen LogP contribution in [0, 0.1) is 5.92 Å². The van der Waals surface area contributed by atoms with Crippen LogP contribution in [0.3, 0.4) is 0 Å². The number of rotatable bonds is 9. The lowest BCUT2D eigenvalue weighted by atomic mass is 10.1. The maximum atomic E-state index is 4.71. The van der Waals surface area contributed by atoms with E-state index in [4.69, 9.17) is 4.99 Å². The highest BCUT2D eigenvalue weighted by Gasteiger charge is 2.05. The number of aryl methyl sites for hydroxylation is 1. The molecule has 0 amide bonds. The monoisotopic (exact) mass is 333 g/mol. The maximum Gasteiger partial charge on any atom is 0.191 e. The SMILES string of the molecule is CCNC(=NCC(C)Cc1cccs1)NCCCn1cccn1. The predicted octanol–water partition coefficient (Wildman–Crippen LogP) is 2.77. The fraction of sp³-hybridized carbons (Fsp3) is 0.529. The first-order valence-corrected chi connectivity index (χ1v) is 9.18. The lowest BCUT2D eigenvalue weighted by molar-refractivity contribution is 0.566. The van der Waals surface area contributed by atoms with Crippen LogP contribution in [0.5, 0.6) is 0 Å². The fourth-order valence-corrected chi connectivity index (χ4v) is 3.18. The minimum Gasteiger partial charge on any atom is -0.357 e. The van der Waals surface area contributed by atoms with E-state index in [1.54, 1.807) is 0 Å². The molecule has 0 bridgehead atoms. The number of guanidine groups is 1. The molecule has 2 heterocycles. The van der Waals surface area contributed by atoms with Crippen molar-refractivity contribution in [3.05, 3.63) is 40.8 Å². The molecule has 0 aliphatic heterocycles. The van der Waals surface area contributed by atoms with Gasteiger partial charge in [-0.15, -0.1) is 11.3 Å². The van der Waals surface area contributed by atoms with Crippen molar-refractivity contribution in [2.75, 3.05) is 19.6 Å². The number of aliphatic imine (C=N–C) groups is 1. The first-order valence-electron chi connectivity index (χ1n) is 8.30. The second kappa shape index (κ2) is 10.0. The average molecular weight is 334 g/mol. The Balaban J connectivity index is 1.70. The summed E-state index contributed by atoms with van der Waals surface area (Å²) < 4.78 is 1.95. The van der Waals surface area contributed by atoms with E-state index in [9.17, 15) is 0 Å². The molecule has 0 aromatic carbocycles. The summed E-state index contributed by atoms with van der Waals surface area (Å²) in [6, 6.07) is 6.26. The summed E-state index contributed by atoms with van der Waals surface area (Å²) >= 11 is 1.82. The van der Waals surface area contributed by atoms with Crippen molar-refractivity contribution < 1.29 is 0 Å². The molecule has 126 valence electrons. The lowest BCUT2D eigenvalue weighted by Gasteiger charge is -2.13. The molecule has 5 nitrogen and oxygen atoms in total. The standard InChI is InChI=1S/C17H27N5S/c1-3-18-17(19-8-5-10-22-11-6-9-21-22)20-14-15(2)13-16-7-4-12-23-16/h4,6-7,9,11-12,15H,3,5,8,10,13-14H2,1-2H3,(H2,18,19,20). The molecule has 23 heavy (non-hydrogen) atoms. The molecule has 1 unspecified atom stereocenters. The zero-order chi connectivity index (χ0) is 16.3. The third-order valence-corrected chi connectivity index (χ3v) is 4.35. The highest BCUT2D eigenvalue weighted by atomic mass is 32.1. The number of thiophene rings is 1. The van der Waals surface area contributed by atoms with Gasteiger partial charge in [0.15, 0.2) is 5.96 Å². The van der Waals surface area contributed by atoms with Crippen molar-refractivity contribution in [2.24, 2.45) is 10.9 Å². The minimum atomic E-state index is 0.549. The van der Waals surface area contributed by atoms with E-state index in [1.807, 2.05) is 34.5 Å². The van der Waals surface area contributed by atoms with Crippen LogP contribution in [-0.2, 0) is 13.0 Å². The number of nitrogens with one attached hydrogen (secondary N) is 2. The van der Waals surface area contributed by atoms with Gasteiger partial charge in [0.25, 0.3) is 0 Å². The van der Waals surface area contributed by atoms with Gasteiger partial charge in [-0.05, 0) is 43.2 Å². The van der Waals surface area contributed by atoms with E-state index in [0.717, 1.165) is 45.0 Å². The van der Waals surface area contributed by atoms with Gasteiger partial charge in [-0.25, -0.2) is 0 Å². The van der Waals surface area contributed by atoms with Crippen molar-refractivity contribution in [3.8, 4) is 0 Å². The third kappa shape index (κ3) is 6.86. The molecule has 0 fully saturated rings. The molecule has 0 spiro atoms. The Morgan fingerprint density at radius 3 is 3.00 bits per heavy atom. The van der Waals surface area contributed by atoms with Gasteiger partial charge in [0.05, 0.1) is 0 Å². The molecular formula is C17H27N5S. The summed E-state index contributed by atoms with van der Waals surface area (Å²) in [5, 5.41) is 13.1. The molecule has 0 saturated heterocycles. The normalized spacial score (nSPS) is 13.0. The fourth-order valence-electron chi connectivity index (χ4n) is 2.31. The van der Waals surface area contributed by atoms with Gasteiger partial charge in [0.1, 0.15) is 0 Å². The summed E-state index contributed by atoms with van der Waals surface area (Å²) in [6.07, 6.45) is 5.93. The first-order chi connectivity index (χ1) is 11.3. The highest BCUT2D eigenvalue weighted by Crippen LogP contribution is 2.14. The Hall–Kier alpha value is -1.82. The van der Waals surface area contributed by atoms with E-state index in [-0.39, 0.29) is 0 Å². The van der Waals surface area contributed by atoms with Crippen LogP contribution in [0.15, 0.2) is 41.0 Å². The van der Waals surface area contributed by atoms with E-state index in [2.05, 4.69) is 47.1 Å². The van der Waals surface area contributed by atoms with Crippen molar-refractivity contribution >= 4 is 17.3 Å². The number of hydrogen-bond donors (Lipinski definition) is 2. The largest absolute Gasteiger partial charge is 0.357 e. The van der Waals surface area contributed by atoms with Gasteiger partial charge in [0.2, 0.25) is 0 Å². The molecule has 2 N–H and O–H groups in total. The van der Waals surface area contributed by atoms with Crippen LogP contribution < -0.4 is 10.6 Å².